The van der Waals surface area contributed by atoms with Gasteiger partial charge in [-0.25, -0.2) is 4.79 Å². The second kappa shape index (κ2) is 4.47. The van der Waals surface area contributed by atoms with Crippen LogP contribution in [0.1, 0.15) is 23.5 Å². The number of aryl methyl sites for hydroxylation is 1. The van der Waals surface area contributed by atoms with Gasteiger partial charge in [-0.15, -0.1) is 11.8 Å². The first-order chi connectivity index (χ1) is 7.61. The number of benzene rings is 1. The van der Waals surface area contributed by atoms with Crippen LogP contribution in [0.5, 0.6) is 0 Å². The number of aliphatic hydroxyl groups is 1. The minimum atomic E-state index is -1.29. The molecular formula is C12H14O3S. The molecule has 1 aromatic carbocycles. The summed E-state index contributed by atoms with van der Waals surface area (Å²) in [6.45, 7) is 2.02. The highest BCUT2D eigenvalue weighted by atomic mass is 32.2. The quantitative estimate of drug-likeness (QED) is 0.827. The van der Waals surface area contributed by atoms with Crippen LogP contribution < -0.4 is 0 Å². The van der Waals surface area contributed by atoms with Crippen molar-refractivity contribution in [2.75, 3.05) is 5.75 Å². The van der Waals surface area contributed by atoms with Crippen molar-refractivity contribution >= 4 is 17.7 Å². The maximum Gasteiger partial charge on any atom is 0.333 e. The molecule has 1 heterocycles. The fourth-order valence-electron chi connectivity index (χ4n) is 2.11. The number of hydrogen-bond acceptors (Lipinski definition) is 3. The van der Waals surface area contributed by atoms with Gasteiger partial charge in [0.25, 0.3) is 0 Å². The molecule has 0 radical (unpaired) electrons. The molecule has 4 heteroatoms. The van der Waals surface area contributed by atoms with Gasteiger partial charge in [0.15, 0.2) is 6.10 Å². The van der Waals surface area contributed by atoms with Crippen molar-refractivity contribution in [3.05, 3.63) is 29.3 Å². The summed E-state index contributed by atoms with van der Waals surface area (Å²) in [5.41, 5.74) is 2.14. The number of aliphatic carboxylic acids is 1. The first kappa shape index (κ1) is 11.5. The fourth-order valence-corrected chi connectivity index (χ4v) is 3.37. The summed E-state index contributed by atoms with van der Waals surface area (Å²) in [5.74, 6) is -0.537. The van der Waals surface area contributed by atoms with E-state index in [-0.39, 0.29) is 5.92 Å². The average molecular weight is 238 g/mol. The molecular weight excluding hydrogens is 224 g/mol. The van der Waals surface area contributed by atoms with Crippen LogP contribution in [-0.2, 0) is 4.79 Å². The Morgan fingerprint density at radius 2 is 2.31 bits per heavy atom. The van der Waals surface area contributed by atoms with Crippen LogP contribution in [0.2, 0.25) is 0 Å². The van der Waals surface area contributed by atoms with Crippen molar-refractivity contribution in [2.45, 2.75) is 30.3 Å². The third kappa shape index (κ3) is 1.95. The first-order valence-electron chi connectivity index (χ1n) is 5.24. The number of thioether (sulfide) groups is 1. The molecule has 0 bridgehead atoms. The van der Waals surface area contributed by atoms with Gasteiger partial charge in [-0.05, 0) is 30.2 Å². The summed E-state index contributed by atoms with van der Waals surface area (Å²) < 4.78 is 0. The third-order valence-electron chi connectivity index (χ3n) is 2.95. The molecule has 0 amide bonds. The second-order valence-corrected chi connectivity index (χ2v) is 5.13. The Bertz CT molecular complexity index is 417. The van der Waals surface area contributed by atoms with Gasteiger partial charge in [0.05, 0.1) is 0 Å². The minimum Gasteiger partial charge on any atom is -0.479 e. The summed E-state index contributed by atoms with van der Waals surface area (Å²) in [6, 6.07) is 5.86. The molecule has 0 spiro atoms. The zero-order valence-electron chi connectivity index (χ0n) is 9.01. The average Bonchev–Trinajstić information content (AvgIpc) is 2.28. The number of carbonyl (C=O) groups is 1. The maximum absolute atomic E-state index is 10.8. The molecule has 3 nitrogen and oxygen atoms in total. The Morgan fingerprint density at radius 3 is 3.00 bits per heavy atom. The second-order valence-electron chi connectivity index (χ2n) is 4.02. The predicted octanol–water partition coefficient (Wildman–Crippen LogP) is 2.02. The van der Waals surface area contributed by atoms with E-state index in [1.807, 2.05) is 25.1 Å². The lowest BCUT2D eigenvalue weighted by molar-refractivity contribution is -0.148. The Morgan fingerprint density at radius 1 is 1.56 bits per heavy atom. The van der Waals surface area contributed by atoms with Gasteiger partial charge in [0.2, 0.25) is 0 Å². The molecule has 2 atom stereocenters. The van der Waals surface area contributed by atoms with Crippen LogP contribution >= 0.6 is 11.8 Å². The number of fused-ring (bicyclic) bond motifs is 1. The van der Waals surface area contributed by atoms with Crippen molar-refractivity contribution in [1.29, 1.82) is 0 Å². The lowest BCUT2D eigenvalue weighted by Gasteiger charge is -2.28. The van der Waals surface area contributed by atoms with Crippen LogP contribution in [0.4, 0.5) is 0 Å². The topological polar surface area (TPSA) is 57.5 Å². The largest absolute Gasteiger partial charge is 0.479 e. The van der Waals surface area contributed by atoms with Gasteiger partial charge in [0.1, 0.15) is 0 Å². The van der Waals surface area contributed by atoms with Crippen LogP contribution in [-0.4, -0.2) is 28.0 Å². The first-order valence-corrected chi connectivity index (χ1v) is 6.23. The van der Waals surface area contributed by atoms with Gasteiger partial charge < -0.3 is 10.2 Å². The molecule has 86 valence electrons. The smallest absolute Gasteiger partial charge is 0.333 e. The summed E-state index contributed by atoms with van der Waals surface area (Å²) in [7, 11) is 0. The highest BCUT2D eigenvalue weighted by Crippen LogP contribution is 2.40. The summed E-state index contributed by atoms with van der Waals surface area (Å²) in [4.78, 5) is 12.0. The van der Waals surface area contributed by atoms with E-state index in [4.69, 9.17) is 5.11 Å². The molecule has 0 aromatic heterocycles. The number of carboxylic acids is 1. The van der Waals surface area contributed by atoms with Gasteiger partial charge in [0, 0.05) is 10.8 Å². The van der Waals surface area contributed by atoms with Crippen molar-refractivity contribution in [3.63, 3.8) is 0 Å². The normalized spacial score (nSPS) is 21.2. The number of carboxylic acid groups (broad SMARTS) is 1. The Labute approximate surface area is 98.5 Å². The molecule has 16 heavy (non-hydrogen) atoms. The van der Waals surface area contributed by atoms with Crippen LogP contribution in [0, 0.1) is 6.92 Å². The van der Waals surface area contributed by atoms with Crippen molar-refractivity contribution < 1.29 is 15.0 Å². The van der Waals surface area contributed by atoms with Crippen molar-refractivity contribution in [1.82, 2.24) is 0 Å². The SMILES string of the molecule is Cc1cccc2c1SCCC2C(O)C(=O)O. The van der Waals surface area contributed by atoms with Crippen LogP contribution in [0.15, 0.2) is 23.1 Å². The van der Waals surface area contributed by atoms with Gasteiger partial charge in [-0.3, -0.25) is 0 Å². The van der Waals surface area contributed by atoms with Gasteiger partial charge in [-0.2, -0.15) is 0 Å². The van der Waals surface area contributed by atoms with E-state index in [1.165, 1.54) is 0 Å². The molecule has 1 aliphatic heterocycles. The van der Waals surface area contributed by atoms with E-state index in [2.05, 4.69) is 0 Å². The van der Waals surface area contributed by atoms with E-state index < -0.39 is 12.1 Å². The van der Waals surface area contributed by atoms with E-state index >= 15 is 0 Å². The monoisotopic (exact) mass is 238 g/mol. The van der Waals surface area contributed by atoms with E-state index in [0.29, 0.717) is 6.42 Å². The Balaban J connectivity index is 2.40. The zero-order valence-corrected chi connectivity index (χ0v) is 9.83. The molecule has 1 aromatic rings. The molecule has 0 aliphatic carbocycles. The summed E-state index contributed by atoms with van der Waals surface area (Å²) in [5, 5.41) is 18.6. The number of hydrogen-bond donors (Lipinski definition) is 2. The molecule has 0 fully saturated rings. The Hall–Kier alpha value is -1.00. The van der Waals surface area contributed by atoms with Crippen LogP contribution in [0.25, 0.3) is 0 Å². The van der Waals surface area contributed by atoms with Gasteiger partial charge >= 0.3 is 5.97 Å². The third-order valence-corrected chi connectivity index (χ3v) is 4.24. The van der Waals surface area contributed by atoms with Gasteiger partial charge in [-0.1, -0.05) is 18.2 Å². The molecule has 0 saturated heterocycles. The Kier molecular flexibility index (Phi) is 3.21. The van der Waals surface area contributed by atoms with E-state index in [0.717, 1.165) is 21.8 Å². The summed E-state index contributed by atoms with van der Waals surface area (Å²) in [6.07, 6.45) is -0.573. The van der Waals surface area contributed by atoms with Crippen LogP contribution in [0.3, 0.4) is 0 Å². The lowest BCUT2D eigenvalue weighted by atomic mass is 9.89. The lowest BCUT2D eigenvalue weighted by Crippen LogP contribution is -2.30. The molecule has 2 N–H and O–H groups in total. The van der Waals surface area contributed by atoms with E-state index in [9.17, 15) is 9.90 Å². The van der Waals surface area contributed by atoms with Crippen molar-refractivity contribution in [3.8, 4) is 0 Å². The maximum atomic E-state index is 10.8. The number of aliphatic hydroxyl groups excluding tert-OH is 1. The highest BCUT2D eigenvalue weighted by Gasteiger charge is 2.31. The number of rotatable bonds is 2. The summed E-state index contributed by atoms with van der Waals surface area (Å²) >= 11 is 1.74. The molecule has 2 rings (SSSR count). The fraction of sp³-hybridized carbons (Fsp3) is 0.417. The minimum absolute atomic E-state index is 0.270. The van der Waals surface area contributed by atoms with Crippen molar-refractivity contribution in [2.24, 2.45) is 0 Å². The highest BCUT2D eigenvalue weighted by molar-refractivity contribution is 7.99. The molecule has 1 aliphatic rings. The molecule has 0 saturated carbocycles. The van der Waals surface area contributed by atoms with E-state index in [1.54, 1.807) is 11.8 Å². The zero-order chi connectivity index (χ0) is 11.7. The predicted molar refractivity (Wildman–Crippen MR) is 62.9 cm³/mol. The standard InChI is InChI=1S/C12H14O3S/c1-7-3-2-4-9-8(10(13)12(14)15)5-6-16-11(7)9/h2-4,8,10,13H,5-6H2,1H3,(H,14,15). The molecule has 2 unspecified atom stereocenters.